The minimum Gasteiger partial charge on any atom is -0.335 e. The van der Waals surface area contributed by atoms with Crippen LogP contribution in [0.4, 0.5) is 9.18 Å². The van der Waals surface area contributed by atoms with Gasteiger partial charge in [-0.25, -0.2) is 17.6 Å². The molecule has 3 rings (SSSR count). The Morgan fingerprint density at radius 2 is 1.65 bits per heavy atom. The van der Waals surface area contributed by atoms with Crippen LogP contribution < -0.4 is 5.32 Å². The number of carbonyl (C=O) groups is 2. The van der Waals surface area contributed by atoms with Crippen molar-refractivity contribution in [3.63, 3.8) is 0 Å². The van der Waals surface area contributed by atoms with E-state index < -0.39 is 10.0 Å². The van der Waals surface area contributed by atoms with Gasteiger partial charge in [0.05, 0.1) is 4.90 Å². The van der Waals surface area contributed by atoms with Gasteiger partial charge in [0, 0.05) is 37.8 Å². The molecule has 0 aromatic heterocycles. The van der Waals surface area contributed by atoms with Gasteiger partial charge in [-0.1, -0.05) is 30.3 Å². The highest BCUT2D eigenvalue weighted by atomic mass is 32.2. The first-order valence-electron chi connectivity index (χ1n) is 10.1. The number of Topliss-reactive ketones (excluding diaryl/α,β-unsaturated/α-hetero) is 1. The number of hydrogen-bond donors (Lipinski definition) is 1. The van der Waals surface area contributed by atoms with Crippen molar-refractivity contribution < 1.29 is 22.4 Å². The largest absolute Gasteiger partial charge is 0.335 e. The maximum atomic E-state index is 13.8. The van der Waals surface area contributed by atoms with Gasteiger partial charge in [-0.3, -0.25) is 4.79 Å². The van der Waals surface area contributed by atoms with Crippen molar-refractivity contribution in [1.29, 1.82) is 0 Å². The SMILES string of the molecule is CC(=O)c1ccc(S(=O)(=O)N2CCN(C(=O)NC(C)Cc3ccccc3F)CC2)cc1. The van der Waals surface area contributed by atoms with Crippen LogP contribution in [0.2, 0.25) is 0 Å². The van der Waals surface area contributed by atoms with E-state index in [0.29, 0.717) is 17.5 Å². The first-order valence-corrected chi connectivity index (χ1v) is 11.5. The second-order valence-corrected chi connectivity index (χ2v) is 9.56. The number of urea groups is 1. The maximum absolute atomic E-state index is 13.8. The molecule has 166 valence electrons. The Morgan fingerprint density at radius 1 is 1.03 bits per heavy atom. The number of sulfonamides is 1. The molecule has 1 N–H and O–H groups in total. The van der Waals surface area contributed by atoms with Crippen LogP contribution in [0.25, 0.3) is 0 Å². The molecule has 1 saturated heterocycles. The van der Waals surface area contributed by atoms with E-state index in [1.807, 2.05) is 0 Å². The summed E-state index contributed by atoms with van der Waals surface area (Å²) in [6.45, 7) is 4.07. The van der Waals surface area contributed by atoms with Crippen LogP contribution >= 0.6 is 0 Å². The fourth-order valence-corrected chi connectivity index (χ4v) is 4.91. The normalized spacial score (nSPS) is 16.0. The van der Waals surface area contributed by atoms with Crippen LogP contribution in [0.5, 0.6) is 0 Å². The van der Waals surface area contributed by atoms with Gasteiger partial charge in [0.25, 0.3) is 0 Å². The number of amides is 2. The Hall–Kier alpha value is -2.78. The monoisotopic (exact) mass is 447 g/mol. The Morgan fingerprint density at radius 3 is 2.23 bits per heavy atom. The molecule has 1 aliphatic rings. The highest BCUT2D eigenvalue weighted by molar-refractivity contribution is 7.89. The summed E-state index contributed by atoms with van der Waals surface area (Å²) < 4.78 is 40.8. The Bertz CT molecular complexity index is 1050. The summed E-state index contributed by atoms with van der Waals surface area (Å²) in [6.07, 6.45) is 0.364. The van der Waals surface area contributed by atoms with Gasteiger partial charge >= 0.3 is 6.03 Å². The smallest absolute Gasteiger partial charge is 0.317 e. The van der Waals surface area contributed by atoms with E-state index in [1.54, 1.807) is 30.0 Å². The number of hydrogen-bond acceptors (Lipinski definition) is 4. The van der Waals surface area contributed by atoms with Gasteiger partial charge in [0.2, 0.25) is 10.0 Å². The van der Waals surface area contributed by atoms with Crippen molar-refractivity contribution in [2.75, 3.05) is 26.2 Å². The van der Waals surface area contributed by atoms with E-state index in [9.17, 15) is 22.4 Å². The first kappa shape index (κ1) is 22.9. The third-order valence-electron chi connectivity index (χ3n) is 5.28. The molecule has 0 spiro atoms. The fourth-order valence-electron chi connectivity index (χ4n) is 3.49. The standard InChI is InChI=1S/C22H26FN3O4S/c1-16(15-19-5-3-4-6-21(19)23)24-22(28)25-11-13-26(14-12-25)31(29,30)20-9-7-18(8-10-20)17(2)27/h3-10,16H,11-15H2,1-2H3,(H,24,28). The number of nitrogens with one attached hydrogen (secondary N) is 1. The lowest BCUT2D eigenvalue weighted by Gasteiger charge is -2.34. The summed E-state index contributed by atoms with van der Waals surface area (Å²) >= 11 is 0. The highest BCUT2D eigenvalue weighted by Crippen LogP contribution is 2.19. The summed E-state index contributed by atoms with van der Waals surface area (Å²) in [5, 5.41) is 2.85. The molecule has 0 bridgehead atoms. The zero-order chi connectivity index (χ0) is 22.6. The lowest BCUT2D eigenvalue weighted by molar-refractivity contribution is 0.101. The number of carbonyl (C=O) groups excluding carboxylic acids is 2. The number of piperazine rings is 1. The molecule has 1 unspecified atom stereocenters. The number of benzene rings is 2. The van der Waals surface area contributed by atoms with Crippen LogP contribution in [-0.4, -0.2) is 61.7 Å². The number of nitrogens with zero attached hydrogens (tertiary/aromatic N) is 2. The molecule has 0 radical (unpaired) electrons. The lowest BCUT2D eigenvalue weighted by atomic mass is 10.1. The molecule has 0 aliphatic carbocycles. The first-order chi connectivity index (χ1) is 14.7. The van der Waals surface area contributed by atoms with Crippen molar-refractivity contribution in [3.05, 3.63) is 65.5 Å². The van der Waals surface area contributed by atoms with Crippen LogP contribution in [0.15, 0.2) is 53.4 Å². The summed E-state index contributed by atoms with van der Waals surface area (Å²) in [5.41, 5.74) is 0.979. The molecule has 9 heteroatoms. The van der Waals surface area contributed by atoms with E-state index in [0.717, 1.165) is 0 Å². The summed E-state index contributed by atoms with van der Waals surface area (Å²) in [7, 11) is -3.70. The zero-order valence-corrected chi connectivity index (χ0v) is 18.4. The van der Waals surface area contributed by atoms with Crippen molar-refractivity contribution in [2.45, 2.75) is 31.2 Å². The van der Waals surface area contributed by atoms with E-state index in [-0.39, 0.29) is 54.7 Å². The van der Waals surface area contributed by atoms with E-state index in [1.165, 1.54) is 41.6 Å². The van der Waals surface area contributed by atoms with E-state index >= 15 is 0 Å². The van der Waals surface area contributed by atoms with Gasteiger partial charge in [0.1, 0.15) is 5.82 Å². The van der Waals surface area contributed by atoms with E-state index in [4.69, 9.17) is 0 Å². The molecule has 2 aromatic carbocycles. The predicted molar refractivity (Wildman–Crippen MR) is 115 cm³/mol. The van der Waals surface area contributed by atoms with Crippen molar-refractivity contribution >= 4 is 21.8 Å². The van der Waals surface area contributed by atoms with Gasteiger partial charge in [0.15, 0.2) is 5.78 Å². The number of ketones is 1. The van der Waals surface area contributed by atoms with Gasteiger partial charge in [-0.05, 0) is 44.0 Å². The lowest BCUT2D eigenvalue weighted by Crippen LogP contribution is -2.54. The predicted octanol–water partition coefficient (Wildman–Crippen LogP) is 2.68. The Labute approximate surface area is 181 Å². The average Bonchev–Trinajstić information content (AvgIpc) is 2.75. The molecule has 1 fully saturated rings. The molecule has 0 saturated carbocycles. The van der Waals surface area contributed by atoms with Crippen LogP contribution in [0, 0.1) is 5.82 Å². The molecule has 1 atom stereocenters. The second kappa shape index (κ2) is 9.57. The molecular formula is C22H26FN3O4S. The van der Waals surface area contributed by atoms with Crippen LogP contribution in [-0.2, 0) is 16.4 Å². The average molecular weight is 448 g/mol. The molecule has 2 aromatic rings. The number of halogens is 1. The molecule has 1 aliphatic heterocycles. The summed E-state index contributed by atoms with van der Waals surface area (Å²) in [4.78, 5) is 25.6. The molecule has 2 amide bonds. The highest BCUT2D eigenvalue weighted by Gasteiger charge is 2.30. The van der Waals surface area contributed by atoms with Crippen LogP contribution in [0.1, 0.15) is 29.8 Å². The second-order valence-electron chi connectivity index (χ2n) is 7.62. The van der Waals surface area contributed by atoms with Crippen LogP contribution in [0.3, 0.4) is 0 Å². The van der Waals surface area contributed by atoms with Crippen molar-refractivity contribution in [2.24, 2.45) is 0 Å². The molecule has 31 heavy (non-hydrogen) atoms. The Kier molecular flexibility index (Phi) is 7.07. The van der Waals surface area contributed by atoms with Gasteiger partial charge in [-0.2, -0.15) is 4.31 Å². The van der Waals surface area contributed by atoms with Gasteiger partial charge in [-0.15, -0.1) is 0 Å². The van der Waals surface area contributed by atoms with Gasteiger partial charge < -0.3 is 10.2 Å². The third kappa shape index (κ3) is 5.48. The fraction of sp³-hybridized carbons (Fsp3) is 0.364. The molecular weight excluding hydrogens is 421 g/mol. The topological polar surface area (TPSA) is 86.8 Å². The molecule has 7 nitrogen and oxygen atoms in total. The van der Waals surface area contributed by atoms with E-state index in [2.05, 4.69) is 5.32 Å². The van der Waals surface area contributed by atoms with Crippen molar-refractivity contribution in [3.8, 4) is 0 Å². The minimum absolute atomic E-state index is 0.119. The summed E-state index contributed by atoms with van der Waals surface area (Å²) in [6, 6.07) is 11.7. The summed E-state index contributed by atoms with van der Waals surface area (Å²) in [5.74, 6) is -0.438. The maximum Gasteiger partial charge on any atom is 0.317 e. The minimum atomic E-state index is -3.70. The quantitative estimate of drug-likeness (QED) is 0.690. The number of rotatable bonds is 6. The van der Waals surface area contributed by atoms with Crippen molar-refractivity contribution in [1.82, 2.24) is 14.5 Å². The molecule has 1 heterocycles. The Balaban J connectivity index is 1.55. The zero-order valence-electron chi connectivity index (χ0n) is 17.5. The third-order valence-corrected chi connectivity index (χ3v) is 7.19.